The van der Waals surface area contributed by atoms with Crippen molar-refractivity contribution in [3.63, 3.8) is 0 Å². The molecule has 7 heteroatoms. The summed E-state index contributed by atoms with van der Waals surface area (Å²) in [5.74, 6) is 0. The van der Waals surface area contributed by atoms with Crippen molar-refractivity contribution in [3.05, 3.63) is 53.1 Å². The van der Waals surface area contributed by atoms with Gasteiger partial charge in [0.1, 0.15) is 0 Å². The van der Waals surface area contributed by atoms with E-state index >= 15 is 0 Å². The molecule has 1 N–H and O–H groups in total. The molecule has 0 amide bonds. The van der Waals surface area contributed by atoms with Crippen molar-refractivity contribution >= 4 is 17.3 Å². The molecular weight excluding hydrogens is 430 g/mol. The Labute approximate surface area is 203 Å². The minimum absolute atomic E-state index is 0.0590. The van der Waals surface area contributed by atoms with Crippen LogP contribution in [-0.2, 0) is 4.74 Å². The number of hydrogen-bond donors (Lipinski definition) is 1. The molecule has 2 aromatic rings. The van der Waals surface area contributed by atoms with Crippen LogP contribution in [0.3, 0.4) is 0 Å². The second kappa shape index (κ2) is 10.1. The summed E-state index contributed by atoms with van der Waals surface area (Å²) < 4.78 is 8.16. The number of pyridine rings is 1. The first-order valence-electron chi connectivity index (χ1n) is 12.6. The number of thiocarbonyl (C=S) groups is 1. The van der Waals surface area contributed by atoms with Crippen LogP contribution in [0.1, 0.15) is 72.9 Å². The van der Waals surface area contributed by atoms with Gasteiger partial charge in [0.15, 0.2) is 5.11 Å². The third-order valence-corrected chi connectivity index (χ3v) is 8.09. The fourth-order valence-corrected chi connectivity index (χ4v) is 6.39. The van der Waals surface area contributed by atoms with Gasteiger partial charge < -0.3 is 19.5 Å². The summed E-state index contributed by atoms with van der Waals surface area (Å²) in [4.78, 5) is 9.62. The number of ether oxygens (including phenoxy) is 1. The minimum atomic E-state index is 0.0590. The van der Waals surface area contributed by atoms with Gasteiger partial charge in [-0.15, -0.1) is 0 Å². The molecule has 5 rings (SSSR count). The van der Waals surface area contributed by atoms with Crippen molar-refractivity contribution < 1.29 is 4.74 Å². The second-order valence-electron chi connectivity index (χ2n) is 9.76. The molecule has 2 aromatic heterocycles. The monoisotopic (exact) mass is 467 g/mol. The van der Waals surface area contributed by atoms with E-state index in [1.54, 1.807) is 0 Å². The molecule has 0 unspecified atom stereocenters. The summed E-state index contributed by atoms with van der Waals surface area (Å²) >= 11 is 5.91. The summed E-state index contributed by atoms with van der Waals surface area (Å²) in [6, 6.07) is 9.44. The summed E-state index contributed by atoms with van der Waals surface area (Å²) in [5, 5.41) is 4.47. The zero-order valence-electron chi connectivity index (χ0n) is 20.0. The molecule has 1 saturated carbocycles. The van der Waals surface area contributed by atoms with Crippen LogP contribution in [0, 0.1) is 13.8 Å². The first-order chi connectivity index (χ1) is 16.1. The van der Waals surface area contributed by atoms with Crippen LogP contribution in [-0.4, -0.2) is 63.9 Å². The zero-order valence-corrected chi connectivity index (χ0v) is 20.8. The number of aromatic nitrogens is 2. The van der Waals surface area contributed by atoms with E-state index in [2.05, 4.69) is 51.7 Å². The number of aryl methyl sites for hydroxylation is 1. The maximum Gasteiger partial charge on any atom is 0.170 e. The van der Waals surface area contributed by atoms with Crippen LogP contribution >= 0.6 is 12.2 Å². The standard InChI is InChI=1S/C26H37N5OS/c1-19-18-22(20(2)31(19)21-8-4-3-5-9-21)25-24(23-10-6-7-11-27-23)28-26(33)30(25)13-12-29-14-16-32-17-15-29/h6-7,10-11,18,21,24-25H,3-5,8-9,12-17H2,1-2H3,(H,28,33)/t24-,25-/m1/s1. The van der Waals surface area contributed by atoms with Gasteiger partial charge in [0.25, 0.3) is 0 Å². The molecule has 4 heterocycles. The Bertz CT molecular complexity index is 949. The predicted molar refractivity (Wildman–Crippen MR) is 135 cm³/mol. The Hall–Kier alpha value is -1.96. The lowest BCUT2D eigenvalue weighted by atomic mass is 9.94. The van der Waals surface area contributed by atoms with E-state index in [9.17, 15) is 0 Å². The Morgan fingerprint density at radius 2 is 1.88 bits per heavy atom. The molecule has 2 saturated heterocycles. The number of morpholine rings is 1. The predicted octanol–water partition coefficient (Wildman–Crippen LogP) is 4.31. The van der Waals surface area contributed by atoms with Gasteiger partial charge >= 0.3 is 0 Å². The molecule has 0 spiro atoms. The molecule has 178 valence electrons. The summed E-state index contributed by atoms with van der Waals surface area (Å²) in [5.41, 5.74) is 5.22. The van der Waals surface area contributed by atoms with E-state index < -0.39 is 0 Å². The van der Waals surface area contributed by atoms with Crippen molar-refractivity contribution in [1.82, 2.24) is 24.7 Å². The molecule has 3 fully saturated rings. The van der Waals surface area contributed by atoms with E-state index in [0.29, 0.717) is 6.04 Å². The van der Waals surface area contributed by atoms with Crippen molar-refractivity contribution in [2.24, 2.45) is 0 Å². The highest BCUT2D eigenvalue weighted by atomic mass is 32.1. The smallest absolute Gasteiger partial charge is 0.170 e. The third-order valence-electron chi connectivity index (χ3n) is 7.74. The summed E-state index contributed by atoms with van der Waals surface area (Å²) in [6.07, 6.45) is 8.53. The van der Waals surface area contributed by atoms with E-state index in [1.165, 1.54) is 49.1 Å². The maximum absolute atomic E-state index is 5.91. The van der Waals surface area contributed by atoms with Gasteiger partial charge in [-0.05, 0) is 62.7 Å². The van der Waals surface area contributed by atoms with E-state index in [0.717, 1.165) is 50.2 Å². The average Bonchev–Trinajstić information content (AvgIpc) is 3.34. The van der Waals surface area contributed by atoms with Crippen LogP contribution in [0.4, 0.5) is 0 Å². The van der Waals surface area contributed by atoms with Crippen molar-refractivity contribution in [3.8, 4) is 0 Å². The van der Waals surface area contributed by atoms with Gasteiger partial charge in [0.05, 0.1) is 31.0 Å². The Kier molecular flexibility index (Phi) is 6.99. The molecule has 2 aliphatic heterocycles. The van der Waals surface area contributed by atoms with E-state index in [1.807, 2.05) is 12.3 Å². The SMILES string of the molecule is Cc1cc([C@@H]2[C@@H](c3ccccn3)NC(=S)N2CCN2CCOCC2)c(C)n1C1CCCCC1. The molecule has 0 bridgehead atoms. The second-order valence-corrected chi connectivity index (χ2v) is 10.1. The van der Waals surface area contributed by atoms with Gasteiger partial charge in [-0.25, -0.2) is 0 Å². The highest BCUT2D eigenvalue weighted by molar-refractivity contribution is 7.80. The summed E-state index contributed by atoms with van der Waals surface area (Å²) in [7, 11) is 0. The average molecular weight is 468 g/mol. The molecule has 33 heavy (non-hydrogen) atoms. The van der Waals surface area contributed by atoms with Crippen LogP contribution in [0.2, 0.25) is 0 Å². The van der Waals surface area contributed by atoms with Gasteiger partial charge in [-0.3, -0.25) is 9.88 Å². The van der Waals surface area contributed by atoms with Gasteiger partial charge in [0.2, 0.25) is 0 Å². The zero-order chi connectivity index (χ0) is 22.8. The lowest BCUT2D eigenvalue weighted by molar-refractivity contribution is 0.0350. The Balaban J connectivity index is 1.47. The van der Waals surface area contributed by atoms with Crippen LogP contribution in [0.5, 0.6) is 0 Å². The first kappa shape index (κ1) is 22.8. The van der Waals surface area contributed by atoms with Crippen molar-refractivity contribution in [2.75, 3.05) is 39.4 Å². The highest BCUT2D eigenvalue weighted by Crippen LogP contribution is 2.42. The van der Waals surface area contributed by atoms with Crippen LogP contribution in [0.25, 0.3) is 0 Å². The van der Waals surface area contributed by atoms with Crippen molar-refractivity contribution in [1.29, 1.82) is 0 Å². The maximum atomic E-state index is 5.91. The number of nitrogens with zero attached hydrogens (tertiary/aromatic N) is 4. The molecular formula is C26H37N5OS. The number of rotatable bonds is 6. The molecule has 0 aromatic carbocycles. The fraction of sp³-hybridized carbons (Fsp3) is 0.615. The normalized spacial score (nSPS) is 24.9. The number of nitrogens with one attached hydrogen (secondary N) is 1. The molecule has 2 atom stereocenters. The lowest BCUT2D eigenvalue weighted by Gasteiger charge is -2.32. The molecule has 0 radical (unpaired) electrons. The highest BCUT2D eigenvalue weighted by Gasteiger charge is 2.41. The number of hydrogen-bond acceptors (Lipinski definition) is 4. The quantitative estimate of drug-likeness (QED) is 0.639. The third kappa shape index (κ3) is 4.68. The first-order valence-corrected chi connectivity index (χ1v) is 13.0. The fourth-order valence-electron chi connectivity index (χ4n) is 6.06. The molecule has 1 aliphatic carbocycles. The van der Waals surface area contributed by atoms with E-state index in [-0.39, 0.29) is 12.1 Å². The molecule has 3 aliphatic rings. The van der Waals surface area contributed by atoms with Gasteiger partial charge in [0, 0.05) is 49.8 Å². The van der Waals surface area contributed by atoms with Crippen LogP contribution in [0.15, 0.2) is 30.5 Å². The molecule has 6 nitrogen and oxygen atoms in total. The Morgan fingerprint density at radius 1 is 1.09 bits per heavy atom. The van der Waals surface area contributed by atoms with Gasteiger partial charge in [-0.1, -0.05) is 25.3 Å². The topological polar surface area (TPSA) is 45.6 Å². The minimum Gasteiger partial charge on any atom is -0.379 e. The van der Waals surface area contributed by atoms with Crippen molar-refractivity contribution in [2.45, 2.75) is 64.1 Å². The van der Waals surface area contributed by atoms with E-state index in [4.69, 9.17) is 21.9 Å². The largest absolute Gasteiger partial charge is 0.379 e. The summed E-state index contributed by atoms with van der Waals surface area (Å²) in [6.45, 7) is 10.1. The van der Waals surface area contributed by atoms with Crippen LogP contribution < -0.4 is 5.32 Å². The Morgan fingerprint density at radius 3 is 2.61 bits per heavy atom. The van der Waals surface area contributed by atoms with Gasteiger partial charge in [-0.2, -0.15) is 0 Å². The lowest BCUT2D eigenvalue weighted by Crippen LogP contribution is -2.42.